The standard InChI is InChI=1S/C26H26FN3O4S.C2H6/c27-21-13-20-2-1-19(14-24(20)28-15-21)18-3-7-23(8-4-18)35(32,33)29-11-9-26(10-12-29)17-30(22-5-6-22)25(31)16-34-26;1-2/h1-4,7-8,13-15,22H,5-6,9-12,16-17H2;1-2H3. The molecule has 3 fully saturated rings. The normalized spacial score (nSPS) is 20.1. The Bertz CT molecular complexity index is 1400. The highest BCUT2D eigenvalue weighted by molar-refractivity contribution is 7.89. The van der Waals surface area contributed by atoms with Crippen LogP contribution in [-0.2, 0) is 19.6 Å². The van der Waals surface area contributed by atoms with Crippen LogP contribution in [0.4, 0.5) is 4.39 Å². The lowest BCUT2D eigenvalue weighted by Gasteiger charge is -2.46. The number of aromatic nitrogens is 1. The fourth-order valence-corrected chi connectivity index (χ4v) is 6.58. The summed E-state index contributed by atoms with van der Waals surface area (Å²) >= 11 is 0. The SMILES string of the molecule is CC.O=C1COC2(CCN(S(=O)(=O)c3ccc(-c4ccc5cc(F)cnc5c4)cc3)CC2)CN1C1CC1. The number of rotatable bonds is 4. The molecule has 6 rings (SSSR count). The van der Waals surface area contributed by atoms with E-state index in [-0.39, 0.29) is 23.2 Å². The summed E-state index contributed by atoms with van der Waals surface area (Å²) in [6.45, 7) is 5.38. The Kier molecular flexibility index (Phi) is 7.04. The highest BCUT2D eigenvalue weighted by Gasteiger charge is 2.47. The Morgan fingerprint density at radius 2 is 1.68 bits per heavy atom. The third-order valence-electron chi connectivity index (χ3n) is 7.38. The van der Waals surface area contributed by atoms with Crippen molar-refractivity contribution in [3.8, 4) is 11.1 Å². The number of hydrogen-bond donors (Lipinski definition) is 0. The molecule has 0 atom stereocenters. The van der Waals surface area contributed by atoms with Crippen molar-refractivity contribution in [2.45, 2.75) is 56.1 Å². The van der Waals surface area contributed by atoms with Crippen LogP contribution in [0, 0.1) is 5.82 Å². The van der Waals surface area contributed by atoms with Gasteiger partial charge in [0, 0.05) is 24.5 Å². The van der Waals surface area contributed by atoms with Gasteiger partial charge in [-0.15, -0.1) is 0 Å². The molecule has 0 radical (unpaired) electrons. The summed E-state index contributed by atoms with van der Waals surface area (Å²) in [5, 5.41) is 0.711. The predicted octanol–water partition coefficient (Wildman–Crippen LogP) is 4.61. The molecule has 3 aliphatic rings. The number of ether oxygens (including phenoxy) is 1. The highest BCUT2D eigenvalue weighted by atomic mass is 32.2. The number of nitrogens with zero attached hydrogens (tertiary/aromatic N) is 3. The number of piperidine rings is 1. The van der Waals surface area contributed by atoms with Crippen molar-refractivity contribution in [1.29, 1.82) is 0 Å². The van der Waals surface area contributed by atoms with Crippen LogP contribution < -0.4 is 0 Å². The van der Waals surface area contributed by atoms with Crippen molar-refractivity contribution in [2.24, 2.45) is 0 Å². The van der Waals surface area contributed by atoms with Crippen LogP contribution in [0.15, 0.2) is 59.6 Å². The summed E-state index contributed by atoms with van der Waals surface area (Å²) in [5.41, 5.74) is 1.97. The zero-order chi connectivity index (χ0) is 26.2. The van der Waals surface area contributed by atoms with Crippen molar-refractivity contribution in [3.05, 3.63) is 60.5 Å². The van der Waals surface area contributed by atoms with E-state index < -0.39 is 15.6 Å². The lowest BCUT2D eigenvalue weighted by Crippen LogP contribution is -2.59. The Labute approximate surface area is 217 Å². The monoisotopic (exact) mass is 525 g/mol. The molecule has 0 unspecified atom stereocenters. The van der Waals surface area contributed by atoms with E-state index in [9.17, 15) is 17.6 Å². The van der Waals surface area contributed by atoms with Gasteiger partial charge < -0.3 is 9.64 Å². The lowest BCUT2D eigenvalue weighted by atomic mass is 9.90. The summed E-state index contributed by atoms with van der Waals surface area (Å²) in [5.74, 6) is -0.338. The fourth-order valence-electron chi connectivity index (χ4n) is 5.14. The Balaban J connectivity index is 0.00000137. The van der Waals surface area contributed by atoms with Gasteiger partial charge >= 0.3 is 0 Å². The number of sulfonamides is 1. The molecule has 1 spiro atoms. The van der Waals surface area contributed by atoms with Crippen LogP contribution in [-0.4, -0.2) is 66.4 Å². The number of halogens is 1. The maximum atomic E-state index is 13.4. The van der Waals surface area contributed by atoms with Gasteiger partial charge in [0.2, 0.25) is 15.9 Å². The van der Waals surface area contributed by atoms with E-state index in [1.807, 2.05) is 30.9 Å². The van der Waals surface area contributed by atoms with Gasteiger partial charge in [-0.1, -0.05) is 38.1 Å². The molecule has 1 aliphatic carbocycles. The van der Waals surface area contributed by atoms with Crippen LogP contribution in [0.3, 0.4) is 0 Å². The van der Waals surface area contributed by atoms with Gasteiger partial charge in [0.1, 0.15) is 12.4 Å². The van der Waals surface area contributed by atoms with Crippen LogP contribution in [0.1, 0.15) is 39.5 Å². The van der Waals surface area contributed by atoms with Gasteiger partial charge in [0.15, 0.2) is 0 Å². The molecule has 196 valence electrons. The van der Waals surface area contributed by atoms with E-state index in [1.54, 1.807) is 30.3 Å². The summed E-state index contributed by atoms with van der Waals surface area (Å²) in [6, 6.07) is 14.1. The first-order valence-corrected chi connectivity index (χ1v) is 14.4. The molecule has 9 heteroatoms. The maximum Gasteiger partial charge on any atom is 0.248 e. The number of benzene rings is 2. The summed E-state index contributed by atoms with van der Waals surface area (Å²) in [7, 11) is -3.64. The van der Waals surface area contributed by atoms with Crippen molar-refractivity contribution in [1.82, 2.24) is 14.2 Å². The average Bonchev–Trinajstić information content (AvgIpc) is 3.77. The Morgan fingerprint density at radius 3 is 2.35 bits per heavy atom. The van der Waals surface area contributed by atoms with E-state index in [2.05, 4.69) is 4.98 Å². The Morgan fingerprint density at radius 1 is 1.00 bits per heavy atom. The van der Waals surface area contributed by atoms with Crippen LogP contribution in [0.2, 0.25) is 0 Å². The van der Waals surface area contributed by atoms with Gasteiger partial charge in [0.25, 0.3) is 0 Å². The van der Waals surface area contributed by atoms with Crippen LogP contribution >= 0.6 is 0 Å². The molecule has 1 aromatic heterocycles. The van der Waals surface area contributed by atoms with Gasteiger partial charge in [-0.2, -0.15) is 4.31 Å². The van der Waals surface area contributed by atoms with E-state index in [0.717, 1.165) is 24.0 Å². The number of hydrogen-bond acceptors (Lipinski definition) is 5. The lowest BCUT2D eigenvalue weighted by molar-refractivity contribution is -0.170. The Hall–Kier alpha value is -2.88. The minimum absolute atomic E-state index is 0.0441. The number of pyridine rings is 1. The van der Waals surface area contributed by atoms with Crippen LogP contribution in [0.25, 0.3) is 22.0 Å². The van der Waals surface area contributed by atoms with E-state index in [1.165, 1.54) is 16.6 Å². The molecular weight excluding hydrogens is 493 g/mol. The van der Waals surface area contributed by atoms with E-state index in [4.69, 9.17) is 4.74 Å². The predicted molar refractivity (Wildman–Crippen MR) is 140 cm³/mol. The number of carbonyl (C=O) groups is 1. The number of morpholine rings is 1. The molecule has 7 nitrogen and oxygen atoms in total. The first kappa shape index (κ1) is 25.8. The zero-order valence-corrected chi connectivity index (χ0v) is 22.0. The topological polar surface area (TPSA) is 79.8 Å². The first-order chi connectivity index (χ1) is 17.8. The third-order valence-corrected chi connectivity index (χ3v) is 9.29. The molecule has 3 heterocycles. The second kappa shape index (κ2) is 10.1. The summed E-state index contributed by atoms with van der Waals surface area (Å²) in [4.78, 5) is 18.5. The molecule has 2 aliphatic heterocycles. The molecule has 3 aromatic rings. The van der Waals surface area contributed by atoms with Gasteiger partial charge in [0.05, 0.1) is 28.8 Å². The molecule has 2 saturated heterocycles. The third kappa shape index (κ3) is 5.12. The molecule has 1 amide bonds. The average molecular weight is 526 g/mol. The van der Waals surface area contributed by atoms with E-state index >= 15 is 0 Å². The van der Waals surface area contributed by atoms with Crippen molar-refractivity contribution >= 4 is 26.8 Å². The highest BCUT2D eigenvalue weighted by Crippen LogP contribution is 2.37. The molecule has 0 bridgehead atoms. The summed E-state index contributed by atoms with van der Waals surface area (Å²) < 4.78 is 47.5. The quantitative estimate of drug-likeness (QED) is 0.497. The number of carbonyl (C=O) groups excluding carboxylic acids is 1. The number of fused-ring (bicyclic) bond motifs is 1. The molecular formula is C28H32FN3O4S. The molecule has 2 aromatic carbocycles. The van der Waals surface area contributed by atoms with Crippen molar-refractivity contribution < 1.29 is 22.3 Å². The maximum absolute atomic E-state index is 13.4. The van der Waals surface area contributed by atoms with Crippen molar-refractivity contribution in [2.75, 3.05) is 26.2 Å². The second-order valence-electron chi connectivity index (χ2n) is 9.71. The fraction of sp³-hybridized carbons (Fsp3) is 0.429. The summed E-state index contributed by atoms with van der Waals surface area (Å²) in [6.07, 6.45) is 4.43. The van der Waals surface area contributed by atoms with E-state index in [0.29, 0.717) is 49.4 Å². The minimum Gasteiger partial charge on any atom is -0.363 e. The first-order valence-electron chi connectivity index (χ1n) is 12.9. The van der Waals surface area contributed by atoms with Crippen LogP contribution in [0.5, 0.6) is 0 Å². The molecule has 37 heavy (non-hydrogen) atoms. The number of amides is 1. The van der Waals surface area contributed by atoms with Gasteiger partial charge in [-0.25, -0.2) is 12.8 Å². The zero-order valence-electron chi connectivity index (χ0n) is 21.2. The molecule has 0 N–H and O–H groups in total. The largest absolute Gasteiger partial charge is 0.363 e. The van der Waals surface area contributed by atoms with Gasteiger partial charge in [-0.05, 0) is 61.1 Å². The van der Waals surface area contributed by atoms with Crippen molar-refractivity contribution in [3.63, 3.8) is 0 Å². The second-order valence-corrected chi connectivity index (χ2v) is 11.7. The minimum atomic E-state index is -3.64. The molecule has 1 saturated carbocycles. The smallest absolute Gasteiger partial charge is 0.248 e. The van der Waals surface area contributed by atoms with Gasteiger partial charge in [-0.3, -0.25) is 9.78 Å².